The standard InChI is InChI=1S/C27H24N2O5S/c1-4-16-7-12-19-21(14-16)35-27(28-19)29-23(17-8-10-18(11-9-17)33-5-2)22(25(31)26(29)32)24(30)20-13-6-15(3)34-20/h6-14,23,31H,4-5H2,1-3H3/t23-/m1/s1. The lowest BCUT2D eigenvalue weighted by molar-refractivity contribution is -0.117. The molecule has 8 heteroatoms. The summed E-state index contributed by atoms with van der Waals surface area (Å²) in [6, 6.07) is 15.5. The number of fused-ring (bicyclic) bond motifs is 1. The molecule has 0 aliphatic carbocycles. The maximum atomic E-state index is 13.5. The number of benzene rings is 2. The van der Waals surface area contributed by atoms with E-state index in [9.17, 15) is 14.7 Å². The highest BCUT2D eigenvalue weighted by Crippen LogP contribution is 2.44. The van der Waals surface area contributed by atoms with E-state index in [2.05, 4.69) is 11.9 Å². The van der Waals surface area contributed by atoms with Crippen molar-refractivity contribution in [3.05, 3.63) is 88.6 Å². The summed E-state index contributed by atoms with van der Waals surface area (Å²) in [5, 5.41) is 11.3. The number of aliphatic hydroxyl groups is 1. The number of hydrogen-bond acceptors (Lipinski definition) is 7. The number of ketones is 1. The third kappa shape index (κ3) is 4.00. The van der Waals surface area contributed by atoms with Crippen molar-refractivity contribution in [3.63, 3.8) is 0 Å². The highest BCUT2D eigenvalue weighted by Gasteiger charge is 2.46. The maximum absolute atomic E-state index is 13.5. The molecule has 1 aliphatic heterocycles. The van der Waals surface area contributed by atoms with Crippen molar-refractivity contribution in [1.82, 2.24) is 4.98 Å². The average molecular weight is 489 g/mol. The first-order valence-electron chi connectivity index (χ1n) is 11.4. The molecule has 7 nitrogen and oxygen atoms in total. The van der Waals surface area contributed by atoms with Gasteiger partial charge in [0.05, 0.1) is 28.4 Å². The van der Waals surface area contributed by atoms with Crippen LogP contribution in [0.5, 0.6) is 5.75 Å². The maximum Gasteiger partial charge on any atom is 0.296 e. The van der Waals surface area contributed by atoms with E-state index in [4.69, 9.17) is 9.15 Å². The Balaban J connectivity index is 1.64. The van der Waals surface area contributed by atoms with Gasteiger partial charge in [0, 0.05) is 0 Å². The van der Waals surface area contributed by atoms with E-state index in [0.717, 1.165) is 22.2 Å². The number of hydrogen-bond donors (Lipinski definition) is 1. The molecule has 0 spiro atoms. The van der Waals surface area contributed by atoms with Gasteiger partial charge in [-0.05, 0) is 67.8 Å². The molecule has 2 aromatic carbocycles. The lowest BCUT2D eigenvalue weighted by Gasteiger charge is -2.24. The minimum Gasteiger partial charge on any atom is -0.503 e. The molecule has 178 valence electrons. The fraction of sp³-hybridized carbons (Fsp3) is 0.222. The van der Waals surface area contributed by atoms with Gasteiger partial charge in [0.1, 0.15) is 11.5 Å². The highest BCUT2D eigenvalue weighted by molar-refractivity contribution is 7.22. The summed E-state index contributed by atoms with van der Waals surface area (Å²) < 4.78 is 12.0. The van der Waals surface area contributed by atoms with Gasteiger partial charge in [-0.1, -0.05) is 36.5 Å². The molecule has 1 atom stereocenters. The van der Waals surface area contributed by atoms with Crippen LogP contribution >= 0.6 is 11.3 Å². The number of rotatable bonds is 7. The zero-order chi connectivity index (χ0) is 24.7. The van der Waals surface area contributed by atoms with Gasteiger partial charge in [0.15, 0.2) is 16.7 Å². The Bertz CT molecular complexity index is 1460. The Hall–Kier alpha value is -3.91. The van der Waals surface area contributed by atoms with Gasteiger partial charge in [-0.25, -0.2) is 4.98 Å². The third-order valence-corrected chi connectivity index (χ3v) is 7.00. The fourth-order valence-electron chi connectivity index (χ4n) is 4.23. The van der Waals surface area contributed by atoms with E-state index >= 15 is 0 Å². The predicted octanol–water partition coefficient (Wildman–Crippen LogP) is 5.94. The fourth-order valence-corrected chi connectivity index (χ4v) is 5.29. The molecule has 0 bridgehead atoms. The normalized spacial score (nSPS) is 15.9. The number of aromatic nitrogens is 1. The molecule has 5 rings (SSSR count). The van der Waals surface area contributed by atoms with Crippen LogP contribution in [0.2, 0.25) is 0 Å². The molecule has 0 radical (unpaired) electrons. The number of aliphatic hydroxyl groups excluding tert-OH is 1. The summed E-state index contributed by atoms with van der Waals surface area (Å²) in [5.41, 5.74) is 2.52. The van der Waals surface area contributed by atoms with Crippen LogP contribution in [0.4, 0.5) is 5.13 Å². The number of thiazole rings is 1. The molecule has 4 aromatic rings. The molecule has 35 heavy (non-hydrogen) atoms. The number of aryl methyl sites for hydroxylation is 2. The van der Waals surface area contributed by atoms with Gasteiger partial charge in [-0.3, -0.25) is 14.5 Å². The van der Waals surface area contributed by atoms with Crippen LogP contribution in [0.1, 0.15) is 47.3 Å². The van der Waals surface area contributed by atoms with E-state index < -0.39 is 23.5 Å². The summed E-state index contributed by atoms with van der Waals surface area (Å²) in [6.07, 6.45) is 0.879. The number of carbonyl (C=O) groups is 2. The van der Waals surface area contributed by atoms with Crippen molar-refractivity contribution < 1.29 is 23.8 Å². The minimum atomic E-state index is -0.873. The van der Waals surface area contributed by atoms with Gasteiger partial charge in [-0.2, -0.15) is 0 Å². The molecule has 1 aliphatic rings. The average Bonchev–Trinajstić information content (AvgIpc) is 3.55. The molecular weight excluding hydrogens is 464 g/mol. The predicted molar refractivity (Wildman–Crippen MR) is 134 cm³/mol. The van der Waals surface area contributed by atoms with Crippen molar-refractivity contribution in [3.8, 4) is 5.75 Å². The molecule has 0 saturated carbocycles. The van der Waals surface area contributed by atoms with Gasteiger partial charge in [-0.15, -0.1) is 0 Å². The van der Waals surface area contributed by atoms with E-state index in [1.807, 2.05) is 25.1 Å². The molecule has 2 aromatic heterocycles. The molecule has 0 saturated heterocycles. The van der Waals surface area contributed by atoms with E-state index in [1.165, 1.54) is 16.2 Å². The number of ether oxygens (including phenoxy) is 1. The van der Waals surface area contributed by atoms with E-state index in [0.29, 0.717) is 28.8 Å². The number of furan rings is 1. The van der Waals surface area contributed by atoms with Gasteiger partial charge in [0.2, 0.25) is 5.78 Å². The second kappa shape index (κ2) is 9.03. The monoisotopic (exact) mass is 488 g/mol. The van der Waals surface area contributed by atoms with E-state index in [1.54, 1.807) is 43.3 Å². The molecule has 1 amide bonds. The van der Waals surface area contributed by atoms with E-state index in [-0.39, 0.29) is 11.3 Å². The Kier molecular flexibility index (Phi) is 5.90. The van der Waals surface area contributed by atoms with Crippen molar-refractivity contribution in [2.45, 2.75) is 33.2 Å². The first-order valence-corrected chi connectivity index (χ1v) is 12.2. The zero-order valence-electron chi connectivity index (χ0n) is 19.6. The zero-order valence-corrected chi connectivity index (χ0v) is 20.4. The largest absolute Gasteiger partial charge is 0.503 e. The Morgan fingerprint density at radius 1 is 1.14 bits per heavy atom. The van der Waals surface area contributed by atoms with Crippen LogP contribution < -0.4 is 9.64 Å². The summed E-state index contributed by atoms with van der Waals surface area (Å²) in [6.45, 7) is 6.21. The molecule has 1 N–H and O–H groups in total. The lowest BCUT2D eigenvalue weighted by atomic mass is 9.95. The van der Waals surface area contributed by atoms with Gasteiger partial charge in [0.25, 0.3) is 5.91 Å². The summed E-state index contributed by atoms with van der Waals surface area (Å²) >= 11 is 1.35. The van der Waals surface area contributed by atoms with Crippen LogP contribution in [0.3, 0.4) is 0 Å². The number of amides is 1. The minimum absolute atomic E-state index is 0.0398. The van der Waals surface area contributed by atoms with Crippen molar-refractivity contribution in [2.24, 2.45) is 0 Å². The molecule has 0 fully saturated rings. The van der Waals surface area contributed by atoms with Crippen LogP contribution in [0, 0.1) is 6.92 Å². The molecule has 0 unspecified atom stereocenters. The number of Topliss-reactive ketones (excluding diaryl/α,β-unsaturated/α-hetero) is 1. The summed E-state index contributed by atoms with van der Waals surface area (Å²) in [4.78, 5) is 32.9. The Labute approximate surface area is 206 Å². The molecular formula is C27H24N2O5S. The Morgan fingerprint density at radius 3 is 2.57 bits per heavy atom. The number of anilines is 1. The first-order chi connectivity index (χ1) is 16.9. The summed E-state index contributed by atoms with van der Waals surface area (Å²) in [7, 11) is 0. The number of carbonyl (C=O) groups excluding carboxylic acids is 2. The van der Waals surface area contributed by atoms with Crippen LogP contribution in [0.15, 0.2) is 70.3 Å². The summed E-state index contributed by atoms with van der Waals surface area (Å²) in [5.74, 6) is -0.528. The smallest absolute Gasteiger partial charge is 0.296 e. The topological polar surface area (TPSA) is 92.9 Å². The SMILES string of the molecule is CCOc1ccc([C@@H]2C(C(=O)c3ccc(C)o3)=C(O)C(=O)N2c2nc3ccc(CC)cc3s2)cc1. The van der Waals surface area contributed by atoms with Crippen molar-refractivity contribution in [2.75, 3.05) is 11.5 Å². The van der Waals surface area contributed by atoms with Crippen molar-refractivity contribution in [1.29, 1.82) is 0 Å². The number of nitrogens with zero attached hydrogens (tertiary/aromatic N) is 2. The first kappa shape index (κ1) is 22.9. The Morgan fingerprint density at radius 2 is 1.91 bits per heavy atom. The van der Waals surface area contributed by atoms with Gasteiger partial charge < -0.3 is 14.3 Å². The third-order valence-electron chi connectivity index (χ3n) is 5.98. The quantitative estimate of drug-likeness (QED) is 0.324. The van der Waals surface area contributed by atoms with Crippen LogP contribution in [-0.2, 0) is 11.2 Å². The van der Waals surface area contributed by atoms with Crippen LogP contribution in [0.25, 0.3) is 10.2 Å². The van der Waals surface area contributed by atoms with Gasteiger partial charge >= 0.3 is 0 Å². The second-order valence-corrected chi connectivity index (χ2v) is 9.24. The highest BCUT2D eigenvalue weighted by atomic mass is 32.1. The molecule has 3 heterocycles. The van der Waals surface area contributed by atoms with Crippen LogP contribution in [-0.4, -0.2) is 28.4 Å². The van der Waals surface area contributed by atoms with Crippen molar-refractivity contribution >= 4 is 38.4 Å². The lowest BCUT2D eigenvalue weighted by Crippen LogP contribution is -2.30. The second-order valence-electron chi connectivity index (χ2n) is 8.23.